The summed E-state index contributed by atoms with van der Waals surface area (Å²) in [5.74, 6) is 1.04. The number of aromatic nitrogens is 2. The quantitative estimate of drug-likeness (QED) is 0.938. The zero-order valence-corrected chi connectivity index (χ0v) is 13.9. The summed E-state index contributed by atoms with van der Waals surface area (Å²) < 4.78 is 0. The fraction of sp³-hybridized carbons (Fsp3) is 0.333. The minimum Gasteiger partial charge on any atom is -0.312 e. The molecule has 24 heavy (non-hydrogen) atoms. The zero-order valence-electron chi connectivity index (χ0n) is 13.9. The minimum atomic E-state index is -0.227. The predicted octanol–water partition coefficient (Wildman–Crippen LogP) is 2.73. The molecule has 6 nitrogen and oxygen atoms in total. The maximum absolute atomic E-state index is 12.4. The number of nitrogens with one attached hydrogen (secondary N) is 1. The average molecular weight is 324 g/mol. The Bertz CT molecular complexity index is 771. The van der Waals surface area contributed by atoms with E-state index >= 15 is 0 Å². The van der Waals surface area contributed by atoms with E-state index in [1.807, 2.05) is 6.92 Å². The second-order valence-corrected chi connectivity index (χ2v) is 5.80. The van der Waals surface area contributed by atoms with Gasteiger partial charge in [-0.15, -0.1) is 0 Å². The topological polar surface area (TPSA) is 75.2 Å². The van der Waals surface area contributed by atoms with Crippen molar-refractivity contribution in [2.24, 2.45) is 0 Å². The van der Waals surface area contributed by atoms with Crippen molar-refractivity contribution >= 4 is 23.3 Å². The molecule has 0 bridgehead atoms. The summed E-state index contributed by atoms with van der Waals surface area (Å²) in [5.41, 5.74) is 2.25. The van der Waals surface area contributed by atoms with Gasteiger partial charge in [-0.25, -0.2) is 9.97 Å². The fourth-order valence-corrected chi connectivity index (χ4v) is 2.78. The molecule has 124 valence electrons. The molecule has 0 atom stereocenters. The maximum Gasteiger partial charge on any atom is 0.256 e. The van der Waals surface area contributed by atoms with Crippen LogP contribution in [0.3, 0.4) is 0 Å². The molecule has 0 saturated carbocycles. The second-order valence-electron chi connectivity index (χ2n) is 5.80. The summed E-state index contributed by atoms with van der Waals surface area (Å²) in [5, 5.41) is 2.80. The van der Waals surface area contributed by atoms with E-state index in [1.54, 1.807) is 42.2 Å². The van der Waals surface area contributed by atoms with Gasteiger partial charge in [0.15, 0.2) is 0 Å². The molecule has 1 aliphatic heterocycles. The number of carbonyl (C=O) groups is 2. The highest BCUT2D eigenvalue weighted by Gasteiger charge is 2.21. The van der Waals surface area contributed by atoms with Crippen molar-refractivity contribution < 1.29 is 9.59 Å². The van der Waals surface area contributed by atoms with Crippen LogP contribution in [0.1, 0.15) is 41.6 Å². The number of carbonyl (C=O) groups excluding carboxylic acids is 2. The Labute approximate surface area is 140 Å². The molecule has 0 spiro atoms. The molecule has 0 unspecified atom stereocenters. The Morgan fingerprint density at radius 1 is 1.25 bits per heavy atom. The van der Waals surface area contributed by atoms with Crippen molar-refractivity contribution in [2.45, 2.75) is 33.1 Å². The summed E-state index contributed by atoms with van der Waals surface area (Å²) in [6.45, 7) is 4.55. The number of aryl methyl sites for hydroxylation is 2. The number of amides is 2. The van der Waals surface area contributed by atoms with Crippen LogP contribution in [0.15, 0.2) is 30.3 Å². The Kier molecular flexibility index (Phi) is 4.55. The van der Waals surface area contributed by atoms with Gasteiger partial charge >= 0.3 is 0 Å². The highest BCUT2D eigenvalue weighted by Crippen LogP contribution is 2.22. The first-order valence-corrected chi connectivity index (χ1v) is 8.13. The highest BCUT2D eigenvalue weighted by molar-refractivity contribution is 6.04. The molecule has 1 N–H and O–H groups in total. The number of hydrogen-bond acceptors (Lipinski definition) is 4. The van der Waals surface area contributed by atoms with E-state index < -0.39 is 0 Å². The van der Waals surface area contributed by atoms with Gasteiger partial charge in [0.05, 0.1) is 0 Å². The number of hydrogen-bond donors (Lipinski definition) is 1. The summed E-state index contributed by atoms with van der Waals surface area (Å²) >= 11 is 0. The molecule has 0 radical (unpaired) electrons. The van der Waals surface area contributed by atoms with Crippen LogP contribution < -0.4 is 10.2 Å². The van der Waals surface area contributed by atoms with Crippen molar-refractivity contribution in [1.29, 1.82) is 0 Å². The third kappa shape index (κ3) is 3.42. The molecular weight excluding hydrogens is 304 g/mol. The van der Waals surface area contributed by atoms with Gasteiger partial charge in [-0.1, -0.05) is 6.92 Å². The van der Waals surface area contributed by atoms with Crippen LogP contribution in [-0.4, -0.2) is 28.3 Å². The van der Waals surface area contributed by atoms with E-state index in [-0.39, 0.29) is 11.8 Å². The van der Waals surface area contributed by atoms with Crippen LogP contribution in [0.4, 0.5) is 11.5 Å². The van der Waals surface area contributed by atoms with E-state index in [0.717, 1.165) is 30.8 Å². The fourth-order valence-electron chi connectivity index (χ4n) is 2.78. The molecule has 1 saturated heterocycles. The monoisotopic (exact) mass is 324 g/mol. The lowest BCUT2D eigenvalue weighted by Gasteiger charge is -2.15. The van der Waals surface area contributed by atoms with E-state index in [1.165, 1.54) is 0 Å². The van der Waals surface area contributed by atoms with Gasteiger partial charge < -0.3 is 10.2 Å². The molecule has 0 aliphatic carbocycles. The second kappa shape index (κ2) is 6.78. The van der Waals surface area contributed by atoms with Gasteiger partial charge in [0.25, 0.3) is 5.91 Å². The summed E-state index contributed by atoms with van der Waals surface area (Å²) in [7, 11) is 0. The largest absolute Gasteiger partial charge is 0.312 e. The molecule has 2 amide bonds. The van der Waals surface area contributed by atoms with Crippen LogP contribution >= 0.6 is 0 Å². The summed E-state index contributed by atoms with van der Waals surface area (Å²) in [4.78, 5) is 34.4. The summed E-state index contributed by atoms with van der Waals surface area (Å²) in [6.07, 6.45) is 2.26. The van der Waals surface area contributed by atoms with Crippen molar-refractivity contribution in [3.05, 3.63) is 47.4 Å². The van der Waals surface area contributed by atoms with Crippen molar-refractivity contribution in [3.63, 3.8) is 0 Å². The molecule has 3 rings (SSSR count). The van der Waals surface area contributed by atoms with Crippen LogP contribution in [0.2, 0.25) is 0 Å². The van der Waals surface area contributed by atoms with Gasteiger partial charge in [0.2, 0.25) is 5.91 Å². The van der Waals surface area contributed by atoms with Crippen LogP contribution in [0.25, 0.3) is 0 Å². The Morgan fingerprint density at radius 3 is 2.62 bits per heavy atom. The van der Waals surface area contributed by atoms with E-state index in [0.29, 0.717) is 23.6 Å². The van der Waals surface area contributed by atoms with Crippen LogP contribution in [0, 0.1) is 6.92 Å². The third-order valence-corrected chi connectivity index (χ3v) is 4.01. The van der Waals surface area contributed by atoms with Gasteiger partial charge in [-0.05, 0) is 44.0 Å². The molecular formula is C18H20N4O2. The normalized spacial score (nSPS) is 14.1. The van der Waals surface area contributed by atoms with E-state index in [4.69, 9.17) is 0 Å². The first-order chi connectivity index (χ1) is 11.6. The molecule has 1 aromatic carbocycles. The third-order valence-electron chi connectivity index (χ3n) is 4.01. The highest BCUT2D eigenvalue weighted by atomic mass is 16.2. The number of rotatable bonds is 4. The predicted molar refractivity (Wildman–Crippen MR) is 92.1 cm³/mol. The van der Waals surface area contributed by atoms with Gasteiger partial charge in [-0.3, -0.25) is 9.59 Å². The first kappa shape index (κ1) is 16.1. The summed E-state index contributed by atoms with van der Waals surface area (Å²) in [6, 6.07) is 8.85. The zero-order chi connectivity index (χ0) is 17.1. The number of nitrogens with zero attached hydrogens (tertiary/aromatic N) is 3. The van der Waals surface area contributed by atoms with Crippen molar-refractivity contribution in [2.75, 3.05) is 16.8 Å². The lowest BCUT2D eigenvalue weighted by Crippen LogP contribution is -2.23. The van der Waals surface area contributed by atoms with E-state index in [9.17, 15) is 9.59 Å². The average Bonchev–Trinajstić information content (AvgIpc) is 3.00. The molecule has 1 aliphatic rings. The number of benzene rings is 1. The van der Waals surface area contributed by atoms with Gasteiger partial charge in [-0.2, -0.15) is 0 Å². The number of anilines is 2. The molecule has 2 heterocycles. The van der Waals surface area contributed by atoms with Crippen LogP contribution in [0.5, 0.6) is 0 Å². The standard InChI is InChI=1S/C18H20N4O2/c1-3-14-11-16(20-12(2)19-14)21-18(24)13-6-8-15(9-7-13)22-10-4-5-17(22)23/h6-9,11H,3-5,10H2,1-2H3,(H,19,20,21,24). The Morgan fingerprint density at radius 2 is 2.00 bits per heavy atom. The lowest BCUT2D eigenvalue weighted by molar-refractivity contribution is -0.117. The Hall–Kier alpha value is -2.76. The lowest BCUT2D eigenvalue weighted by atomic mass is 10.2. The smallest absolute Gasteiger partial charge is 0.256 e. The van der Waals surface area contributed by atoms with E-state index in [2.05, 4.69) is 15.3 Å². The van der Waals surface area contributed by atoms with Crippen LogP contribution in [-0.2, 0) is 11.2 Å². The molecule has 6 heteroatoms. The Balaban J connectivity index is 1.73. The molecule has 1 fully saturated rings. The first-order valence-electron chi connectivity index (χ1n) is 8.13. The van der Waals surface area contributed by atoms with Crippen molar-refractivity contribution in [3.8, 4) is 0 Å². The van der Waals surface area contributed by atoms with Gasteiger partial charge in [0, 0.05) is 36.0 Å². The molecule has 2 aromatic rings. The van der Waals surface area contributed by atoms with Gasteiger partial charge in [0.1, 0.15) is 11.6 Å². The molecule has 1 aromatic heterocycles. The van der Waals surface area contributed by atoms with Crippen molar-refractivity contribution in [1.82, 2.24) is 9.97 Å². The SMILES string of the molecule is CCc1cc(NC(=O)c2ccc(N3CCCC3=O)cc2)nc(C)n1. The minimum absolute atomic E-state index is 0.135. The maximum atomic E-state index is 12.4.